The molecule has 0 aromatic carbocycles. The van der Waals surface area contributed by atoms with E-state index in [0.29, 0.717) is 0 Å². The van der Waals surface area contributed by atoms with Crippen molar-refractivity contribution in [2.24, 2.45) is 0 Å². The van der Waals surface area contributed by atoms with Gasteiger partial charge in [0.2, 0.25) is 0 Å². The average molecular weight is 202 g/mol. The van der Waals surface area contributed by atoms with Crippen LogP contribution in [0.25, 0.3) is 0 Å². The molecule has 2 nitrogen and oxygen atoms in total. The number of halogens is 1. The number of aromatic nitrogens is 1. The van der Waals surface area contributed by atoms with Gasteiger partial charge in [-0.25, -0.2) is 0 Å². The van der Waals surface area contributed by atoms with E-state index < -0.39 is 0 Å². The van der Waals surface area contributed by atoms with Crippen LogP contribution in [0.1, 0.15) is 17.3 Å². The van der Waals surface area contributed by atoms with E-state index in [1.165, 1.54) is 0 Å². The second-order valence-corrected chi connectivity index (χ2v) is 3.45. The number of Topliss-reactive ketones (excluding diaryl/α,β-unsaturated/α-hetero) is 1. The third-order valence-corrected chi connectivity index (χ3v) is 1.66. The van der Waals surface area contributed by atoms with Gasteiger partial charge in [0, 0.05) is 18.0 Å². The van der Waals surface area contributed by atoms with Crippen molar-refractivity contribution in [3.05, 3.63) is 24.0 Å². The van der Waals surface area contributed by atoms with Gasteiger partial charge in [0.1, 0.15) is 0 Å². The van der Waals surface area contributed by atoms with E-state index in [2.05, 4.69) is 20.9 Å². The number of hydrogen-bond acceptors (Lipinski definition) is 1. The summed E-state index contributed by atoms with van der Waals surface area (Å²) in [7, 11) is 0. The van der Waals surface area contributed by atoms with Gasteiger partial charge in [-0.15, -0.1) is 0 Å². The first kappa shape index (κ1) is 7.54. The number of rotatable bonds is 2. The van der Waals surface area contributed by atoms with E-state index in [0.717, 1.165) is 5.56 Å². The Kier molecular flexibility index (Phi) is 2.27. The summed E-state index contributed by atoms with van der Waals surface area (Å²) in [5, 5.41) is 0. The third kappa shape index (κ3) is 1.48. The van der Waals surface area contributed by atoms with Gasteiger partial charge in [-0.1, -0.05) is 15.9 Å². The molecule has 1 aromatic rings. The van der Waals surface area contributed by atoms with Gasteiger partial charge < -0.3 is 4.98 Å². The highest BCUT2D eigenvalue weighted by molar-refractivity contribution is 9.10. The van der Waals surface area contributed by atoms with Gasteiger partial charge in [-0.3, -0.25) is 4.79 Å². The molecule has 0 amide bonds. The third-order valence-electron chi connectivity index (χ3n) is 1.24. The average Bonchev–Trinajstić information content (AvgIpc) is 2.36. The smallest absolute Gasteiger partial charge is 0.177 e. The van der Waals surface area contributed by atoms with Gasteiger partial charge in [-0.2, -0.15) is 0 Å². The monoisotopic (exact) mass is 201 g/mol. The maximum absolute atomic E-state index is 11.1. The minimum atomic E-state index is -0.0942. The molecule has 0 aliphatic carbocycles. The topological polar surface area (TPSA) is 32.9 Å². The van der Waals surface area contributed by atoms with Crippen LogP contribution >= 0.6 is 15.9 Å². The summed E-state index contributed by atoms with van der Waals surface area (Å²) in [5.41, 5.74) is 0.726. The lowest BCUT2D eigenvalue weighted by Crippen LogP contribution is -2.08. The molecule has 0 radical (unpaired) electrons. The molecule has 0 fully saturated rings. The first-order valence-corrected chi connectivity index (χ1v) is 3.94. The molecule has 54 valence electrons. The van der Waals surface area contributed by atoms with Gasteiger partial charge in [-0.05, 0) is 13.0 Å². The molecule has 1 unspecified atom stereocenters. The zero-order valence-electron chi connectivity index (χ0n) is 5.60. The second kappa shape index (κ2) is 3.01. The predicted molar refractivity (Wildman–Crippen MR) is 43.5 cm³/mol. The Bertz CT molecular complexity index is 216. The van der Waals surface area contributed by atoms with Crippen molar-refractivity contribution in [2.45, 2.75) is 11.8 Å². The van der Waals surface area contributed by atoms with Crippen molar-refractivity contribution in [3.8, 4) is 0 Å². The van der Waals surface area contributed by atoms with Crippen molar-refractivity contribution in [3.63, 3.8) is 0 Å². The molecule has 1 rings (SSSR count). The molecule has 3 heteroatoms. The number of nitrogens with one attached hydrogen (secondary N) is 1. The molecule has 10 heavy (non-hydrogen) atoms. The largest absolute Gasteiger partial charge is 0.367 e. The van der Waals surface area contributed by atoms with E-state index in [1.807, 2.05) is 6.92 Å². The number of alkyl halides is 1. The molecule has 0 aliphatic rings. The molecule has 0 aliphatic heterocycles. The van der Waals surface area contributed by atoms with Crippen LogP contribution in [0.15, 0.2) is 18.5 Å². The van der Waals surface area contributed by atoms with Gasteiger partial charge in [0.05, 0.1) is 4.83 Å². The number of carbonyl (C=O) groups is 1. The predicted octanol–water partition coefficient (Wildman–Crippen LogP) is 1.98. The fraction of sp³-hybridized carbons (Fsp3) is 0.286. The maximum Gasteiger partial charge on any atom is 0.177 e. The zero-order chi connectivity index (χ0) is 7.56. The first-order chi connectivity index (χ1) is 4.72. The SMILES string of the molecule is CC(Br)C(=O)c1cc[nH]c1. The minimum absolute atomic E-state index is 0.0942. The van der Waals surface area contributed by atoms with Crippen molar-refractivity contribution >= 4 is 21.7 Å². The molecule has 1 atom stereocenters. The standard InChI is InChI=1S/C7H8BrNO/c1-5(8)7(10)6-2-3-9-4-6/h2-5,9H,1H3. The Hall–Kier alpha value is -0.570. The number of aromatic amines is 1. The highest BCUT2D eigenvalue weighted by atomic mass is 79.9. The summed E-state index contributed by atoms with van der Waals surface area (Å²) in [6.45, 7) is 1.81. The van der Waals surface area contributed by atoms with Crippen LogP contribution in [-0.2, 0) is 0 Å². The maximum atomic E-state index is 11.1. The van der Waals surface area contributed by atoms with Crippen LogP contribution in [-0.4, -0.2) is 15.6 Å². The normalized spacial score (nSPS) is 13.0. The van der Waals surface area contributed by atoms with Gasteiger partial charge in [0.25, 0.3) is 0 Å². The van der Waals surface area contributed by atoms with E-state index >= 15 is 0 Å². The van der Waals surface area contributed by atoms with Gasteiger partial charge in [0.15, 0.2) is 5.78 Å². The summed E-state index contributed by atoms with van der Waals surface area (Å²) in [6, 6.07) is 1.76. The van der Waals surface area contributed by atoms with E-state index in [4.69, 9.17) is 0 Å². The second-order valence-electron chi connectivity index (χ2n) is 2.08. The summed E-state index contributed by atoms with van der Waals surface area (Å²) < 4.78 is 0. The fourth-order valence-electron chi connectivity index (χ4n) is 0.707. The number of carbonyl (C=O) groups excluding carboxylic acids is 1. The molecule has 1 aromatic heterocycles. The van der Waals surface area contributed by atoms with Crippen LogP contribution in [0.3, 0.4) is 0 Å². The van der Waals surface area contributed by atoms with Crippen molar-refractivity contribution in [1.29, 1.82) is 0 Å². The molecule has 0 spiro atoms. The Balaban J connectivity index is 2.78. The summed E-state index contributed by atoms with van der Waals surface area (Å²) >= 11 is 3.20. The zero-order valence-corrected chi connectivity index (χ0v) is 7.18. The van der Waals surface area contributed by atoms with E-state index in [9.17, 15) is 4.79 Å². The molecule has 0 saturated heterocycles. The Morgan fingerprint density at radius 1 is 1.80 bits per heavy atom. The Labute approximate surface area is 67.8 Å². The van der Waals surface area contributed by atoms with Crippen molar-refractivity contribution in [1.82, 2.24) is 4.98 Å². The number of H-pyrrole nitrogens is 1. The summed E-state index contributed by atoms with van der Waals surface area (Å²) in [5.74, 6) is 0.112. The van der Waals surface area contributed by atoms with Crippen molar-refractivity contribution in [2.75, 3.05) is 0 Å². The molecule has 0 bridgehead atoms. The van der Waals surface area contributed by atoms with E-state index in [-0.39, 0.29) is 10.6 Å². The Morgan fingerprint density at radius 2 is 2.50 bits per heavy atom. The first-order valence-electron chi connectivity index (χ1n) is 3.03. The van der Waals surface area contributed by atoms with Crippen molar-refractivity contribution < 1.29 is 4.79 Å². The molecule has 1 N–H and O–H groups in total. The molecule has 0 saturated carbocycles. The highest BCUT2D eigenvalue weighted by Gasteiger charge is 2.10. The summed E-state index contributed by atoms with van der Waals surface area (Å²) in [6.07, 6.45) is 3.43. The summed E-state index contributed by atoms with van der Waals surface area (Å²) in [4.78, 5) is 13.9. The highest BCUT2D eigenvalue weighted by Crippen LogP contribution is 2.07. The lowest BCUT2D eigenvalue weighted by atomic mass is 10.2. The van der Waals surface area contributed by atoms with Crippen LogP contribution in [0, 0.1) is 0 Å². The molecule has 1 heterocycles. The lowest BCUT2D eigenvalue weighted by Gasteiger charge is -1.96. The van der Waals surface area contributed by atoms with Crippen LogP contribution in [0.2, 0.25) is 0 Å². The van der Waals surface area contributed by atoms with Crippen LogP contribution in [0.5, 0.6) is 0 Å². The molecular formula is C7H8BrNO. The minimum Gasteiger partial charge on any atom is -0.367 e. The van der Waals surface area contributed by atoms with E-state index in [1.54, 1.807) is 18.5 Å². The number of ketones is 1. The Morgan fingerprint density at radius 3 is 2.90 bits per heavy atom. The molecular weight excluding hydrogens is 194 g/mol. The van der Waals surface area contributed by atoms with Crippen LogP contribution < -0.4 is 0 Å². The fourth-order valence-corrected chi connectivity index (χ4v) is 0.971. The number of hydrogen-bond donors (Lipinski definition) is 1. The lowest BCUT2D eigenvalue weighted by molar-refractivity contribution is 0.0996. The van der Waals surface area contributed by atoms with Crippen LogP contribution in [0.4, 0.5) is 0 Å². The quantitative estimate of drug-likeness (QED) is 0.577. The van der Waals surface area contributed by atoms with Gasteiger partial charge >= 0.3 is 0 Å².